The molecule has 2 rings (SSSR count). The lowest BCUT2D eigenvalue weighted by Crippen LogP contribution is -2.47. The number of aliphatic hydroxyl groups is 1. The summed E-state index contributed by atoms with van der Waals surface area (Å²) in [7, 11) is 0. The number of hydrogen-bond acceptors (Lipinski definition) is 3. The van der Waals surface area contributed by atoms with Crippen LogP contribution in [0.3, 0.4) is 0 Å². The van der Waals surface area contributed by atoms with Crippen LogP contribution in [0, 0.1) is 0 Å². The van der Waals surface area contributed by atoms with E-state index in [4.69, 9.17) is 5.11 Å². The number of carbonyl (C=O) groups is 1. The van der Waals surface area contributed by atoms with Gasteiger partial charge in [0, 0.05) is 19.5 Å². The Morgan fingerprint density at radius 2 is 2.09 bits per heavy atom. The smallest absolute Gasteiger partial charge is 0.376 e. The van der Waals surface area contributed by atoms with Crippen molar-refractivity contribution in [1.82, 2.24) is 14.9 Å². The van der Waals surface area contributed by atoms with Crippen molar-refractivity contribution in [2.24, 2.45) is 0 Å². The van der Waals surface area contributed by atoms with Gasteiger partial charge in [-0.3, -0.25) is 4.79 Å². The van der Waals surface area contributed by atoms with Gasteiger partial charge < -0.3 is 15.0 Å². The number of halogens is 3. The Labute approximate surface area is 124 Å². The Morgan fingerprint density at radius 1 is 1.41 bits per heavy atom. The lowest BCUT2D eigenvalue weighted by molar-refractivity contribution is -0.210. The van der Waals surface area contributed by atoms with E-state index in [1.807, 2.05) is 24.3 Å². The molecule has 8 heteroatoms. The minimum atomic E-state index is -4.95. The molecule has 1 aromatic carbocycles. The van der Waals surface area contributed by atoms with Gasteiger partial charge in [-0.05, 0) is 19.1 Å². The zero-order valence-corrected chi connectivity index (χ0v) is 11.9. The second kappa shape index (κ2) is 6.35. The molecule has 1 atom stereocenters. The maximum Gasteiger partial charge on any atom is 0.423 e. The van der Waals surface area contributed by atoms with Crippen molar-refractivity contribution in [3.8, 4) is 0 Å². The van der Waals surface area contributed by atoms with Gasteiger partial charge in [-0.1, -0.05) is 12.1 Å². The molecule has 5 nitrogen and oxygen atoms in total. The fourth-order valence-corrected chi connectivity index (χ4v) is 2.10. The third kappa shape index (κ3) is 3.56. The maximum absolute atomic E-state index is 12.4. The van der Waals surface area contributed by atoms with Gasteiger partial charge in [-0.25, -0.2) is 4.98 Å². The molecule has 2 aromatic rings. The summed E-state index contributed by atoms with van der Waals surface area (Å²) in [6, 6.07) is 7.31. The first-order valence-electron chi connectivity index (χ1n) is 6.80. The van der Waals surface area contributed by atoms with E-state index in [0.29, 0.717) is 5.82 Å². The van der Waals surface area contributed by atoms with Crippen LogP contribution in [0.1, 0.15) is 12.7 Å². The fourth-order valence-electron chi connectivity index (χ4n) is 2.10. The van der Waals surface area contributed by atoms with Crippen LogP contribution in [0.4, 0.5) is 13.2 Å². The average molecular weight is 315 g/mol. The molecule has 0 aliphatic rings. The standard InChI is InChI=1S/C14H16F3N3O2/c1-2-20(13(22)12(21)14(15,16)17)8-7-11-18-9-5-3-4-6-10(9)19-11/h3-6,12,21H,2,7-8H2,1H3,(H,18,19)/t12-/m1/s1. The molecule has 0 aliphatic carbocycles. The number of hydrogen-bond donors (Lipinski definition) is 2. The van der Waals surface area contributed by atoms with E-state index >= 15 is 0 Å². The zero-order chi connectivity index (χ0) is 16.3. The number of para-hydroxylation sites is 2. The minimum Gasteiger partial charge on any atom is -0.376 e. The number of aliphatic hydroxyl groups excluding tert-OH is 1. The van der Waals surface area contributed by atoms with Crippen molar-refractivity contribution < 1.29 is 23.1 Å². The summed E-state index contributed by atoms with van der Waals surface area (Å²) < 4.78 is 37.1. The number of likely N-dealkylation sites (N-methyl/N-ethyl adjacent to an activating group) is 1. The summed E-state index contributed by atoms with van der Waals surface area (Å²) in [4.78, 5) is 19.9. The number of aromatic amines is 1. The highest BCUT2D eigenvalue weighted by Gasteiger charge is 2.45. The van der Waals surface area contributed by atoms with Crippen molar-refractivity contribution in [2.75, 3.05) is 13.1 Å². The fraction of sp³-hybridized carbons (Fsp3) is 0.429. The molecule has 0 aliphatic heterocycles. The average Bonchev–Trinajstić information content (AvgIpc) is 2.88. The van der Waals surface area contributed by atoms with Crippen LogP contribution in [-0.4, -0.2) is 51.3 Å². The van der Waals surface area contributed by atoms with E-state index in [0.717, 1.165) is 15.9 Å². The van der Waals surface area contributed by atoms with E-state index in [1.54, 1.807) is 6.92 Å². The summed E-state index contributed by atoms with van der Waals surface area (Å²) in [5.41, 5.74) is 1.57. The molecular weight excluding hydrogens is 299 g/mol. The van der Waals surface area contributed by atoms with Crippen LogP contribution < -0.4 is 0 Å². The predicted molar refractivity (Wildman–Crippen MR) is 74.1 cm³/mol. The SMILES string of the molecule is CCN(CCc1nc2ccccc2[nH]1)C(=O)[C@@H](O)C(F)(F)F. The van der Waals surface area contributed by atoms with Gasteiger partial charge in [0.05, 0.1) is 11.0 Å². The third-order valence-corrected chi connectivity index (χ3v) is 3.29. The highest BCUT2D eigenvalue weighted by molar-refractivity contribution is 5.81. The maximum atomic E-state index is 12.4. The van der Waals surface area contributed by atoms with E-state index in [-0.39, 0.29) is 19.5 Å². The number of imidazole rings is 1. The second-order valence-electron chi connectivity index (χ2n) is 4.81. The van der Waals surface area contributed by atoms with Gasteiger partial charge in [-0.2, -0.15) is 13.2 Å². The lowest BCUT2D eigenvalue weighted by Gasteiger charge is -2.24. The van der Waals surface area contributed by atoms with Crippen LogP contribution >= 0.6 is 0 Å². The van der Waals surface area contributed by atoms with E-state index in [1.165, 1.54) is 0 Å². The number of aromatic nitrogens is 2. The van der Waals surface area contributed by atoms with Crippen LogP contribution in [0.25, 0.3) is 11.0 Å². The van der Waals surface area contributed by atoms with Crippen LogP contribution in [0.5, 0.6) is 0 Å². The molecule has 1 aromatic heterocycles. The topological polar surface area (TPSA) is 69.2 Å². The quantitative estimate of drug-likeness (QED) is 0.885. The summed E-state index contributed by atoms with van der Waals surface area (Å²) in [6.45, 7) is 1.67. The molecule has 1 heterocycles. The zero-order valence-electron chi connectivity index (χ0n) is 11.9. The molecule has 0 unspecified atom stereocenters. The Kier molecular flexibility index (Phi) is 4.70. The molecule has 22 heavy (non-hydrogen) atoms. The molecular formula is C14H16F3N3O2. The van der Waals surface area contributed by atoms with Gasteiger partial charge in [0.2, 0.25) is 6.10 Å². The van der Waals surface area contributed by atoms with E-state index in [2.05, 4.69) is 9.97 Å². The summed E-state index contributed by atoms with van der Waals surface area (Å²) in [6.07, 6.45) is -7.66. The Bertz CT molecular complexity index is 621. The van der Waals surface area contributed by atoms with Crippen LogP contribution in [-0.2, 0) is 11.2 Å². The first-order valence-corrected chi connectivity index (χ1v) is 6.80. The molecule has 120 valence electrons. The first-order chi connectivity index (χ1) is 10.3. The first kappa shape index (κ1) is 16.3. The summed E-state index contributed by atoms with van der Waals surface area (Å²) in [5, 5.41) is 9.03. The minimum absolute atomic E-state index is 0.0439. The molecule has 0 saturated heterocycles. The van der Waals surface area contributed by atoms with Crippen molar-refractivity contribution >= 4 is 16.9 Å². The predicted octanol–water partition coefficient (Wildman–Crippen LogP) is 1.88. The number of amides is 1. The van der Waals surface area contributed by atoms with Crippen LogP contribution in [0.15, 0.2) is 24.3 Å². The van der Waals surface area contributed by atoms with Crippen molar-refractivity contribution in [1.29, 1.82) is 0 Å². The summed E-state index contributed by atoms with van der Waals surface area (Å²) in [5.74, 6) is -0.764. The normalized spacial score (nSPS) is 13.3. The monoisotopic (exact) mass is 315 g/mol. The number of nitrogens with zero attached hydrogens (tertiary/aromatic N) is 2. The molecule has 0 spiro atoms. The molecule has 0 fully saturated rings. The summed E-state index contributed by atoms with van der Waals surface area (Å²) >= 11 is 0. The van der Waals surface area contributed by atoms with E-state index < -0.39 is 18.2 Å². The highest BCUT2D eigenvalue weighted by atomic mass is 19.4. The Morgan fingerprint density at radius 3 is 2.68 bits per heavy atom. The molecule has 0 bridgehead atoms. The van der Waals surface area contributed by atoms with Gasteiger partial charge in [0.25, 0.3) is 5.91 Å². The second-order valence-corrected chi connectivity index (χ2v) is 4.81. The molecule has 0 radical (unpaired) electrons. The Hall–Kier alpha value is -2.09. The Balaban J connectivity index is 2.03. The number of H-pyrrole nitrogens is 1. The van der Waals surface area contributed by atoms with Gasteiger partial charge >= 0.3 is 6.18 Å². The number of alkyl halides is 3. The van der Waals surface area contributed by atoms with Gasteiger partial charge in [0.1, 0.15) is 5.82 Å². The molecule has 0 saturated carbocycles. The van der Waals surface area contributed by atoms with Gasteiger partial charge in [-0.15, -0.1) is 0 Å². The number of fused-ring (bicyclic) bond motifs is 1. The molecule has 2 N–H and O–H groups in total. The van der Waals surface area contributed by atoms with Gasteiger partial charge in [0.15, 0.2) is 0 Å². The number of nitrogens with one attached hydrogen (secondary N) is 1. The number of carbonyl (C=O) groups excluding carboxylic acids is 1. The van der Waals surface area contributed by atoms with Crippen LogP contribution in [0.2, 0.25) is 0 Å². The van der Waals surface area contributed by atoms with E-state index in [9.17, 15) is 18.0 Å². The lowest BCUT2D eigenvalue weighted by atomic mass is 10.2. The van der Waals surface area contributed by atoms with Crippen molar-refractivity contribution in [3.63, 3.8) is 0 Å². The van der Waals surface area contributed by atoms with Crippen molar-refractivity contribution in [2.45, 2.75) is 25.6 Å². The van der Waals surface area contributed by atoms with Crippen molar-refractivity contribution in [3.05, 3.63) is 30.1 Å². The molecule has 1 amide bonds. The largest absolute Gasteiger partial charge is 0.423 e. The number of rotatable bonds is 5. The number of benzene rings is 1. The third-order valence-electron chi connectivity index (χ3n) is 3.29. The highest BCUT2D eigenvalue weighted by Crippen LogP contribution is 2.21.